The molecule has 2 aromatic carbocycles. The highest BCUT2D eigenvalue weighted by Crippen LogP contribution is 2.39. The van der Waals surface area contributed by atoms with E-state index in [0.717, 1.165) is 36.4 Å². The number of fused-ring (bicyclic) bond motifs is 1. The maximum atomic E-state index is 13.7. The van der Waals surface area contributed by atoms with Gasteiger partial charge in [0.1, 0.15) is 11.3 Å². The molecule has 0 spiro atoms. The molecule has 0 aliphatic rings. The zero-order valence-electron chi connectivity index (χ0n) is 14.6. The molecule has 11 heteroatoms. The maximum Gasteiger partial charge on any atom is 0.450 e. The third-order valence-electron chi connectivity index (χ3n) is 4.07. The van der Waals surface area contributed by atoms with Crippen LogP contribution >= 0.6 is 0 Å². The normalized spacial score (nSPS) is 12.3. The predicted octanol–water partition coefficient (Wildman–Crippen LogP) is 2.69. The standard InChI is InChI=1S/C18H12F3NO6S/c1-29(26,27)13-6-8(17(22)25)2-4-11(13)14-15(24)10-5-3-9(23)7-12(10)28-16(14)18(19,20)21/h2-7,23H,1H3,(H2,22,25). The highest BCUT2D eigenvalue weighted by atomic mass is 32.2. The van der Waals surface area contributed by atoms with Gasteiger partial charge in [-0.1, -0.05) is 6.07 Å². The van der Waals surface area contributed by atoms with Crippen LogP contribution in [0.3, 0.4) is 0 Å². The van der Waals surface area contributed by atoms with Crippen LogP contribution in [0, 0.1) is 0 Å². The molecule has 0 bridgehead atoms. The molecular formula is C18H12F3NO6S. The number of aromatic hydroxyl groups is 1. The Labute approximate surface area is 161 Å². The first-order valence-electron chi connectivity index (χ1n) is 7.82. The van der Waals surface area contributed by atoms with Crippen molar-refractivity contribution in [3.05, 3.63) is 57.9 Å². The van der Waals surface area contributed by atoms with Crippen molar-refractivity contribution in [2.75, 3.05) is 6.26 Å². The first-order valence-corrected chi connectivity index (χ1v) is 9.71. The van der Waals surface area contributed by atoms with Crippen LogP contribution in [0.4, 0.5) is 13.2 Å². The summed E-state index contributed by atoms with van der Waals surface area (Å²) >= 11 is 0. The van der Waals surface area contributed by atoms with Crippen molar-refractivity contribution in [3.8, 4) is 16.9 Å². The number of carbonyl (C=O) groups is 1. The minimum atomic E-state index is -5.16. The second-order valence-corrected chi connectivity index (χ2v) is 8.15. The van der Waals surface area contributed by atoms with Gasteiger partial charge in [-0.15, -0.1) is 0 Å². The Hall–Kier alpha value is -3.34. The largest absolute Gasteiger partial charge is 0.508 e. The Balaban J connectivity index is 2.53. The molecule has 29 heavy (non-hydrogen) atoms. The number of nitrogens with two attached hydrogens (primary N) is 1. The number of sulfone groups is 1. The van der Waals surface area contributed by atoms with Crippen LogP contribution in [0.25, 0.3) is 22.1 Å². The lowest BCUT2D eigenvalue weighted by Gasteiger charge is -2.15. The highest BCUT2D eigenvalue weighted by Gasteiger charge is 2.40. The zero-order valence-corrected chi connectivity index (χ0v) is 15.4. The van der Waals surface area contributed by atoms with E-state index >= 15 is 0 Å². The maximum absolute atomic E-state index is 13.7. The summed E-state index contributed by atoms with van der Waals surface area (Å²) in [5.74, 6) is -3.17. The third kappa shape index (κ3) is 3.68. The first-order chi connectivity index (χ1) is 13.3. The minimum absolute atomic E-state index is 0.266. The van der Waals surface area contributed by atoms with E-state index in [1.54, 1.807) is 0 Å². The summed E-state index contributed by atoms with van der Waals surface area (Å²) < 4.78 is 70.2. The number of primary amides is 1. The monoisotopic (exact) mass is 427 g/mol. The summed E-state index contributed by atoms with van der Waals surface area (Å²) in [5.41, 5.74) is 1.54. The van der Waals surface area contributed by atoms with Crippen molar-refractivity contribution in [3.63, 3.8) is 0 Å². The molecule has 0 atom stereocenters. The predicted molar refractivity (Wildman–Crippen MR) is 96.2 cm³/mol. The Morgan fingerprint density at radius 2 is 1.79 bits per heavy atom. The van der Waals surface area contributed by atoms with Gasteiger partial charge < -0.3 is 15.3 Å². The summed E-state index contributed by atoms with van der Waals surface area (Å²) in [6.07, 6.45) is -4.45. The summed E-state index contributed by atoms with van der Waals surface area (Å²) in [5, 5.41) is 9.17. The fraction of sp³-hybridized carbons (Fsp3) is 0.111. The summed E-state index contributed by atoms with van der Waals surface area (Å²) in [4.78, 5) is 23.6. The molecule has 0 fully saturated rings. The lowest BCUT2D eigenvalue weighted by Crippen LogP contribution is -2.18. The fourth-order valence-electron chi connectivity index (χ4n) is 2.81. The Kier molecular flexibility index (Phi) is 4.66. The number of carbonyl (C=O) groups excluding carboxylic acids is 1. The van der Waals surface area contributed by atoms with Crippen LogP contribution in [-0.4, -0.2) is 25.7 Å². The summed E-state index contributed by atoms with van der Waals surface area (Å²) in [6, 6.07) is 5.66. The molecular weight excluding hydrogens is 415 g/mol. The fourth-order valence-corrected chi connectivity index (χ4v) is 3.73. The topological polar surface area (TPSA) is 128 Å². The van der Waals surface area contributed by atoms with E-state index in [9.17, 15) is 36.3 Å². The Morgan fingerprint density at radius 3 is 2.34 bits per heavy atom. The molecule has 3 aromatic rings. The van der Waals surface area contributed by atoms with E-state index in [1.165, 1.54) is 0 Å². The van der Waals surface area contributed by atoms with E-state index in [0.29, 0.717) is 6.26 Å². The number of rotatable bonds is 3. The van der Waals surface area contributed by atoms with Gasteiger partial charge in [0, 0.05) is 23.4 Å². The second-order valence-electron chi connectivity index (χ2n) is 6.16. The Morgan fingerprint density at radius 1 is 1.14 bits per heavy atom. The number of hydrogen-bond donors (Lipinski definition) is 2. The molecule has 0 saturated carbocycles. The van der Waals surface area contributed by atoms with Gasteiger partial charge in [0.25, 0.3) is 0 Å². The van der Waals surface area contributed by atoms with Crippen molar-refractivity contribution in [2.45, 2.75) is 11.1 Å². The lowest BCUT2D eigenvalue weighted by atomic mass is 10.00. The van der Waals surface area contributed by atoms with Crippen LogP contribution in [0.1, 0.15) is 16.1 Å². The molecule has 1 aromatic heterocycles. The number of benzene rings is 2. The van der Waals surface area contributed by atoms with Crippen LogP contribution < -0.4 is 11.2 Å². The van der Waals surface area contributed by atoms with Gasteiger partial charge in [0.05, 0.1) is 15.8 Å². The minimum Gasteiger partial charge on any atom is -0.508 e. The van der Waals surface area contributed by atoms with Crippen molar-refractivity contribution < 1.29 is 35.9 Å². The van der Waals surface area contributed by atoms with E-state index in [1.807, 2.05) is 0 Å². The van der Waals surface area contributed by atoms with Gasteiger partial charge in [0.15, 0.2) is 9.84 Å². The van der Waals surface area contributed by atoms with Gasteiger partial charge in [-0.05, 0) is 24.3 Å². The van der Waals surface area contributed by atoms with Crippen molar-refractivity contribution in [1.29, 1.82) is 0 Å². The molecule has 0 saturated heterocycles. The van der Waals surface area contributed by atoms with Gasteiger partial charge in [-0.25, -0.2) is 8.42 Å². The zero-order chi connectivity index (χ0) is 21.7. The average molecular weight is 427 g/mol. The summed E-state index contributed by atoms with van der Waals surface area (Å²) in [7, 11) is -4.17. The lowest BCUT2D eigenvalue weighted by molar-refractivity contribution is -0.152. The molecule has 3 N–H and O–H groups in total. The second kappa shape index (κ2) is 6.62. The highest BCUT2D eigenvalue weighted by molar-refractivity contribution is 7.90. The molecule has 152 valence electrons. The number of alkyl halides is 3. The molecule has 1 heterocycles. The number of hydrogen-bond acceptors (Lipinski definition) is 6. The van der Waals surface area contributed by atoms with Gasteiger partial charge in [-0.2, -0.15) is 13.2 Å². The molecule has 1 amide bonds. The van der Waals surface area contributed by atoms with Gasteiger partial charge in [0.2, 0.25) is 17.1 Å². The number of phenolic OH excluding ortho intramolecular Hbond substituents is 1. The SMILES string of the molecule is CS(=O)(=O)c1cc(C(N)=O)ccc1-c1c(C(F)(F)F)oc2cc(O)ccc2c1=O. The molecule has 0 aliphatic carbocycles. The number of phenols is 1. The average Bonchev–Trinajstić information content (AvgIpc) is 2.59. The molecule has 3 rings (SSSR count). The van der Waals surface area contributed by atoms with Crippen LogP contribution in [0.2, 0.25) is 0 Å². The third-order valence-corrected chi connectivity index (χ3v) is 5.21. The van der Waals surface area contributed by atoms with Gasteiger partial charge >= 0.3 is 6.18 Å². The van der Waals surface area contributed by atoms with Crippen molar-refractivity contribution in [2.24, 2.45) is 5.73 Å². The molecule has 0 unspecified atom stereocenters. The smallest absolute Gasteiger partial charge is 0.450 e. The number of halogens is 3. The van der Waals surface area contributed by atoms with Crippen LogP contribution in [-0.2, 0) is 16.0 Å². The van der Waals surface area contributed by atoms with E-state index in [4.69, 9.17) is 10.2 Å². The molecule has 0 radical (unpaired) electrons. The van der Waals surface area contributed by atoms with E-state index in [2.05, 4.69) is 0 Å². The molecule has 7 nitrogen and oxygen atoms in total. The van der Waals surface area contributed by atoms with Gasteiger partial charge in [-0.3, -0.25) is 9.59 Å². The first kappa shape index (κ1) is 20.4. The van der Waals surface area contributed by atoms with E-state index < -0.39 is 60.5 Å². The Bertz CT molecular complexity index is 1330. The molecule has 0 aliphatic heterocycles. The van der Waals surface area contributed by atoms with Crippen LogP contribution in [0.5, 0.6) is 5.75 Å². The van der Waals surface area contributed by atoms with Crippen molar-refractivity contribution >= 4 is 26.7 Å². The quantitative estimate of drug-likeness (QED) is 0.662. The number of amides is 1. The van der Waals surface area contributed by atoms with Crippen molar-refractivity contribution in [1.82, 2.24) is 0 Å². The van der Waals surface area contributed by atoms with E-state index in [-0.39, 0.29) is 10.9 Å². The van der Waals surface area contributed by atoms with Crippen LogP contribution in [0.15, 0.2) is 50.5 Å². The summed E-state index contributed by atoms with van der Waals surface area (Å²) in [6.45, 7) is 0.